The van der Waals surface area contributed by atoms with E-state index in [9.17, 15) is 0 Å². The predicted molar refractivity (Wildman–Crippen MR) is 46.9 cm³/mol. The van der Waals surface area contributed by atoms with Crippen molar-refractivity contribution >= 4 is 25.2 Å². The quantitative estimate of drug-likeness (QED) is 0.302. The zero-order valence-corrected chi connectivity index (χ0v) is 5.89. The molecule has 1 aromatic rings. The fraction of sp³-hybridized carbons (Fsp3) is 0. The Morgan fingerprint density at radius 2 is 2.20 bits per heavy atom. The third kappa shape index (κ3) is 1.18. The zero-order chi connectivity index (χ0) is 7.56. The molecule has 2 nitrogen and oxygen atoms in total. The van der Waals surface area contributed by atoms with E-state index in [2.05, 4.69) is 0 Å². The molecule has 0 heterocycles. The normalized spacial score (nSPS) is 9.20. The molecule has 0 radical (unpaired) electrons. The zero-order valence-electron chi connectivity index (χ0n) is 5.89. The maximum atomic E-state index is 6.95. The molecule has 10 heavy (non-hydrogen) atoms. The van der Waals surface area contributed by atoms with E-state index in [4.69, 9.17) is 11.1 Å². The Balaban J connectivity index is 3.19. The summed E-state index contributed by atoms with van der Waals surface area (Å²) in [5.74, 6) is 0. The summed E-state index contributed by atoms with van der Waals surface area (Å²) in [6, 6.07) is 5.65. The van der Waals surface area contributed by atoms with Gasteiger partial charge in [-0.05, 0) is 6.07 Å². The van der Waals surface area contributed by atoms with E-state index >= 15 is 0 Å². The Kier molecular flexibility index (Phi) is 1.76. The minimum Gasteiger partial charge on any atom is -0.398 e. The highest BCUT2D eigenvalue weighted by molar-refractivity contribution is 6.32. The Morgan fingerprint density at radius 1 is 1.50 bits per heavy atom. The van der Waals surface area contributed by atoms with Crippen LogP contribution in [-0.4, -0.2) is 14.1 Å². The van der Waals surface area contributed by atoms with Crippen LogP contribution in [0.1, 0.15) is 5.56 Å². The minimum absolute atomic E-state index is 0.676. The van der Waals surface area contributed by atoms with E-state index < -0.39 is 0 Å². The van der Waals surface area contributed by atoms with Gasteiger partial charge in [0.15, 0.2) is 0 Å². The molecule has 0 aliphatic carbocycles. The van der Waals surface area contributed by atoms with Crippen molar-refractivity contribution < 1.29 is 0 Å². The average Bonchev–Trinajstić information content (AvgIpc) is 1.88. The molecule has 0 aromatic heterocycles. The van der Waals surface area contributed by atoms with Crippen molar-refractivity contribution in [2.75, 3.05) is 5.73 Å². The van der Waals surface area contributed by atoms with E-state index in [1.807, 2.05) is 26.0 Å². The lowest BCUT2D eigenvalue weighted by Crippen LogP contribution is -2.04. The lowest BCUT2D eigenvalue weighted by atomic mass is 9.94. The standard InChI is InChI=1S/C7H9BN2/c8-6-2-1-5(4-9)7(10)3-6/h1-4,9H,8,10H2. The Hall–Kier alpha value is -1.25. The van der Waals surface area contributed by atoms with Crippen LogP contribution in [0.5, 0.6) is 0 Å². The van der Waals surface area contributed by atoms with E-state index in [0.29, 0.717) is 5.69 Å². The Morgan fingerprint density at radius 3 is 2.70 bits per heavy atom. The number of nitrogens with one attached hydrogen (secondary N) is 1. The molecular weight excluding hydrogens is 123 g/mol. The third-order valence-electron chi connectivity index (χ3n) is 1.40. The minimum atomic E-state index is 0.676. The number of anilines is 1. The summed E-state index contributed by atoms with van der Waals surface area (Å²) in [6.07, 6.45) is 1.26. The first kappa shape index (κ1) is 6.87. The van der Waals surface area contributed by atoms with E-state index in [0.717, 1.165) is 11.0 Å². The molecule has 3 heteroatoms. The first-order chi connectivity index (χ1) is 4.74. The largest absolute Gasteiger partial charge is 0.398 e. The molecule has 0 spiro atoms. The number of nitrogens with two attached hydrogens (primary N) is 1. The molecule has 0 aliphatic rings. The van der Waals surface area contributed by atoms with Crippen molar-refractivity contribution in [3.8, 4) is 0 Å². The van der Waals surface area contributed by atoms with Crippen LogP contribution >= 0.6 is 0 Å². The lowest BCUT2D eigenvalue weighted by Gasteiger charge is -1.98. The van der Waals surface area contributed by atoms with Gasteiger partial charge in [-0.3, -0.25) is 0 Å². The maximum Gasteiger partial charge on any atom is 0.139 e. The van der Waals surface area contributed by atoms with Crippen LogP contribution in [0.3, 0.4) is 0 Å². The van der Waals surface area contributed by atoms with Crippen LogP contribution in [0, 0.1) is 5.41 Å². The van der Waals surface area contributed by atoms with Crippen molar-refractivity contribution in [3.63, 3.8) is 0 Å². The van der Waals surface area contributed by atoms with Crippen molar-refractivity contribution in [2.45, 2.75) is 0 Å². The average molecular weight is 132 g/mol. The summed E-state index contributed by atoms with van der Waals surface area (Å²) in [7, 11) is 1.98. The molecule has 0 aliphatic heterocycles. The maximum absolute atomic E-state index is 6.95. The second-order valence-corrected chi connectivity index (χ2v) is 2.28. The SMILES string of the molecule is Bc1ccc(C=N)c(N)c1. The lowest BCUT2D eigenvalue weighted by molar-refractivity contribution is 1.54. The number of rotatable bonds is 1. The molecule has 0 bridgehead atoms. The van der Waals surface area contributed by atoms with Gasteiger partial charge in [-0.25, -0.2) is 0 Å². The van der Waals surface area contributed by atoms with Gasteiger partial charge in [0.1, 0.15) is 7.85 Å². The summed E-state index contributed by atoms with van der Waals surface area (Å²) < 4.78 is 0. The molecule has 0 saturated heterocycles. The fourth-order valence-electron chi connectivity index (χ4n) is 0.826. The molecule has 0 amide bonds. The summed E-state index contributed by atoms with van der Waals surface area (Å²) >= 11 is 0. The first-order valence-electron chi connectivity index (χ1n) is 3.10. The smallest absolute Gasteiger partial charge is 0.139 e. The molecule has 0 fully saturated rings. The third-order valence-corrected chi connectivity index (χ3v) is 1.40. The van der Waals surface area contributed by atoms with Crippen LogP contribution in [0.2, 0.25) is 0 Å². The second kappa shape index (κ2) is 2.56. The molecule has 0 unspecified atom stereocenters. The number of nitrogen functional groups attached to an aromatic ring is 1. The highest BCUT2D eigenvalue weighted by Gasteiger charge is 1.92. The number of hydrogen-bond acceptors (Lipinski definition) is 2. The van der Waals surface area contributed by atoms with Gasteiger partial charge in [0, 0.05) is 17.5 Å². The summed E-state index contributed by atoms with van der Waals surface area (Å²) in [5, 5.41) is 6.95. The van der Waals surface area contributed by atoms with Gasteiger partial charge in [-0.2, -0.15) is 0 Å². The highest BCUT2D eigenvalue weighted by Crippen LogP contribution is 2.04. The highest BCUT2D eigenvalue weighted by atomic mass is 14.6. The molecule has 50 valence electrons. The summed E-state index contributed by atoms with van der Waals surface area (Å²) in [5.41, 5.74) is 8.17. The van der Waals surface area contributed by atoms with E-state index in [-0.39, 0.29) is 0 Å². The molecule has 0 saturated carbocycles. The molecule has 1 aromatic carbocycles. The van der Waals surface area contributed by atoms with Crippen molar-refractivity contribution in [3.05, 3.63) is 23.8 Å². The molecule has 3 N–H and O–H groups in total. The van der Waals surface area contributed by atoms with Crippen LogP contribution in [0.4, 0.5) is 5.69 Å². The van der Waals surface area contributed by atoms with Crippen LogP contribution in [0.25, 0.3) is 0 Å². The molecule has 0 atom stereocenters. The van der Waals surface area contributed by atoms with Crippen molar-refractivity contribution in [2.24, 2.45) is 0 Å². The van der Waals surface area contributed by atoms with E-state index in [1.54, 1.807) is 0 Å². The van der Waals surface area contributed by atoms with E-state index in [1.165, 1.54) is 6.21 Å². The van der Waals surface area contributed by atoms with Gasteiger partial charge >= 0.3 is 0 Å². The van der Waals surface area contributed by atoms with Gasteiger partial charge in [0.05, 0.1) is 0 Å². The summed E-state index contributed by atoms with van der Waals surface area (Å²) in [4.78, 5) is 0. The van der Waals surface area contributed by atoms with Gasteiger partial charge in [-0.1, -0.05) is 17.6 Å². The number of benzene rings is 1. The topological polar surface area (TPSA) is 49.9 Å². The van der Waals surface area contributed by atoms with Gasteiger partial charge in [0.25, 0.3) is 0 Å². The first-order valence-corrected chi connectivity index (χ1v) is 3.10. The predicted octanol–water partition coefficient (Wildman–Crippen LogP) is -0.475. The van der Waals surface area contributed by atoms with Gasteiger partial charge < -0.3 is 11.1 Å². The monoisotopic (exact) mass is 132 g/mol. The molecule has 1 rings (SSSR count). The second-order valence-electron chi connectivity index (χ2n) is 2.28. The Bertz CT molecular complexity index is 258. The fourth-order valence-corrected chi connectivity index (χ4v) is 0.826. The van der Waals surface area contributed by atoms with Crippen molar-refractivity contribution in [1.82, 2.24) is 0 Å². The van der Waals surface area contributed by atoms with Crippen LogP contribution in [-0.2, 0) is 0 Å². The Labute approximate surface area is 61.0 Å². The van der Waals surface area contributed by atoms with Gasteiger partial charge in [0.2, 0.25) is 0 Å². The van der Waals surface area contributed by atoms with Crippen molar-refractivity contribution in [1.29, 1.82) is 5.41 Å². The number of hydrogen-bond donors (Lipinski definition) is 2. The van der Waals surface area contributed by atoms with Crippen LogP contribution < -0.4 is 11.2 Å². The van der Waals surface area contributed by atoms with Gasteiger partial charge in [-0.15, -0.1) is 0 Å². The summed E-state index contributed by atoms with van der Waals surface area (Å²) in [6.45, 7) is 0. The van der Waals surface area contributed by atoms with Crippen LogP contribution in [0.15, 0.2) is 18.2 Å². The molecular formula is C7H9BN2.